The highest BCUT2D eigenvalue weighted by Gasteiger charge is 2.34. The number of benzene rings is 1. The van der Waals surface area contributed by atoms with Crippen molar-refractivity contribution < 1.29 is 24.2 Å². The van der Waals surface area contributed by atoms with Gasteiger partial charge in [-0.1, -0.05) is 13.0 Å². The van der Waals surface area contributed by atoms with E-state index in [1.807, 2.05) is 6.92 Å². The highest BCUT2D eigenvalue weighted by atomic mass is 16.5. The summed E-state index contributed by atoms with van der Waals surface area (Å²) in [5.74, 6) is -0.256. The Hall–Kier alpha value is -2.08. The molecule has 0 spiro atoms. The van der Waals surface area contributed by atoms with Gasteiger partial charge in [-0.3, -0.25) is 14.5 Å². The van der Waals surface area contributed by atoms with Crippen LogP contribution in [-0.2, 0) is 20.9 Å². The molecule has 1 aromatic carbocycles. The van der Waals surface area contributed by atoms with Crippen LogP contribution in [0.25, 0.3) is 0 Å². The van der Waals surface area contributed by atoms with Crippen molar-refractivity contribution in [2.75, 3.05) is 18.6 Å². The molecular weight excluding hydrogens is 262 g/mol. The van der Waals surface area contributed by atoms with Gasteiger partial charge in [-0.15, -0.1) is 0 Å². The van der Waals surface area contributed by atoms with Gasteiger partial charge in [-0.05, 0) is 24.1 Å². The smallest absolute Gasteiger partial charge is 0.325 e. The van der Waals surface area contributed by atoms with Gasteiger partial charge in [-0.2, -0.15) is 0 Å². The summed E-state index contributed by atoms with van der Waals surface area (Å²) in [5, 5.41) is 9.18. The third kappa shape index (κ3) is 2.60. The summed E-state index contributed by atoms with van der Waals surface area (Å²) in [6, 6.07) is 5.06. The fraction of sp³-hybridized carbons (Fsp3) is 0.429. The number of hydrogen-bond acceptors (Lipinski definition) is 5. The van der Waals surface area contributed by atoms with Gasteiger partial charge in [0.25, 0.3) is 5.91 Å². The van der Waals surface area contributed by atoms with Crippen LogP contribution < -0.4 is 9.64 Å². The van der Waals surface area contributed by atoms with Gasteiger partial charge in [0.05, 0.1) is 19.4 Å². The first-order valence-corrected chi connectivity index (χ1v) is 6.39. The average molecular weight is 279 g/mol. The molecule has 1 unspecified atom stereocenters. The maximum absolute atomic E-state index is 12.3. The number of rotatable bonds is 4. The fourth-order valence-corrected chi connectivity index (χ4v) is 2.08. The Labute approximate surface area is 116 Å². The van der Waals surface area contributed by atoms with Crippen molar-refractivity contribution in [2.24, 2.45) is 0 Å². The topological polar surface area (TPSA) is 76.1 Å². The second-order valence-corrected chi connectivity index (χ2v) is 4.48. The molecule has 1 heterocycles. The summed E-state index contributed by atoms with van der Waals surface area (Å²) in [6.07, 6.45) is -0.0929. The lowest BCUT2D eigenvalue weighted by Gasteiger charge is -2.33. The Morgan fingerprint density at radius 3 is 2.85 bits per heavy atom. The SMILES string of the molecule is CCC1Oc2ccc(CO)cc2N(CC(=O)OC)C1=O. The number of fused-ring (bicyclic) bond motifs is 1. The van der Waals surface area contributed by atoms with Crippen LogP contribution in [0.1, 0.15) is 18.9 Å². The fourth-order valence-electron chi connectivity index (χ4n) is 2.08. The summed E-state index contributed by atoms with van der Waals surface area (Å²) in [7, 11) is 1.27. The van der Waals surface area contributed by atoms with Crippen LogP contribution in [0.4, 0.5) is 5.69 Å². The molecule has 0 saturated carbocycles. The maximum atomic E-state index is 12.3. The number of ether oxygens (including phenoxy) is 2. The molecule has 1 aromatic rings. The lowest BCUT2D eigenvalue weighted by molar-refractivity contribution is -0.140. The van der Waals surface area contributed by atoms with E-state index in [1.165, 1.54) is 12.0 Å². The third-order valence-electron chi connectivity index (χ3n) is 3.19. The molecule has 1 amide bonds. The van der Waals surface area contributed by atoms with Crippen molar-refractivity contribution in [3.8, 4) is 5.75 Å². The zero-order chi connectivity index (χ0) is 14.7. The first-order chi connectivity index (χ1) is 9.60. The lowest BCUT2D eigenvalue weighted by Crippen LogP contribution is -2.48. The second kappa shape index (κ2) is 5.92. The Morgan fingerprint density at radius 2 is 2.25 bits per heavy atom. The predicted octanol–water partition coefficient (Wildman–Crippen LogP) is 0.856. The van der Waals surface area contributed by atoms with Crippen LogP contribution in [0, 0.1) is 0 Å². The monoisotopic (exact) mass is 279 g/mol. The van der Waals surface area contributed by atoms with Crippen LogP contribution in [0.2, 0.25) is 0 Å². The minimum absolute atomic E-state index is 0.148. The minimum Gasteiger partial charge on any atom is -0.478 e. The van der Waals surface area contributed by atoms with E-state index in [2.05, 4.69) is 4.74 Å². The van der Waals surface area contributed by atoms with E-state index in [-0.39, 0.29) is 19.1 Å². The molecule has 0 fully saturated rings. The molecular formula is C14H17NO5. The molecule has 6 heteroatoms. The van der Waals surface area contributed by atoms with E-state index in [9.17, 15) is 14.7 Å². The van der Waals surface area contributed by atoms with Crippen molar-refractivity contribution in [1.82, 2.24) is 0 Å². The van der Waals surface area contributed by atoms with E-state index in [0.717, 1.165) is 0 Å². The number of aliphatic hydroxyl groups is 1. The summed E-state index contributed by atoms with van der Waals surface area (Å²) >= 11 is 0. The molecule has 1 N–H and O–H groups in total. The van der Waals surface area contributed by atoms with Crippen LogP contribution in [-0.4, -0.2) is 36.7 Å². The normalized spacial score (nSPS) is 17.4. The summed E-state index contributed by atoms with van der Waals surface area (Å²) < 4.78 is 10.2. The Morgan fingerprint density at radius 1 is 1.50 bits per heavy atom. The third-order valence-corrected chi connectivity index (χ3v) is 3.19. The molecule has 0 radical (unpaired) electrons. The summed E-state index contributed by atoms with van der Waals surface area (Å²) in [5.41, 5.74) is 1.13. The molecule has 108 valence electrons. The van der Waals surface area contributed by atoms with E-state index < -0.39 is 12.1 Å². The quantitative estimate of drug-likeness (QED) is 0.827. The Kier molecular flexibility index (Phi) is 4.24. The van der Waals surface area contributed by atoms with Crippen molar-refractivity contribution in [3.05, 3.63) is 23.8 Å². The number of carbonyl (C=O) groups is 2. The van der Waals surface area contributed by atoms with Gasteiger partial charge in [-0.25, -0.2) is 0 Å². The number of amides is 1. The second-order valence-electron chi connectivity index (χ2n) is 4.48. The molecule has 2 rings (SSSR count). The van der Waals surface area contributed by atoms with Gasteiger partial charge in [0.15, 0.2) is 6.10 Å². The summed E-state index contributed by atoms with van der Waals surface area (Å²) in [6.45, 7) is 1.52. The number of nitrogens with zero attached hydrogens (tertiary/aromatic N) is 1. The number of hydrogen-bond donors (Lipinski definition) is 1. The van der Waals surface area contributed by atoms with Crippen molar-refractivity contribution in [3.63, 3.8) is 0 Å². The number of anilines is 1. The van der Waals surface area contributed by atoms with Crippen LogP contribution in [0.5, 0.6) is 5.75 Å². The van der Waals surface area contributed by atoms with Crippen molar-refractivity contribution in [1.29, 1.82) is 0 Å². The number of esters is 1. The van der Waals surface area contributed by atoms with Gasteiger partial charge < -0.3 is 14.6 Å². The highest BCUT2D eigenvalue weighted by molar-refractivity contribution is 6.03. The van der Waals surface area contributed by atoms with E-state index in [0.29, 0.717) is 23.4 Å². The average Bonchev–Trinajstić information content (AvgIpc) is 2.48. The molecule has 0 aromatic heterocycles. The van der Waals surface area contributed by atoms with Crippen molar-refractivity contribution >= 4 is 17.6 Å². The first-order valence-electron chi connectivity index (χ1n) is 6.39. The van der Waals surface area contributed by atoms with Gasteiger partial charge >= 0.3 is 5.97 Å². The zero-order valence-electron chi connectivity index (χ0n) is 11.5. The van der Waals surface area contributed by atoms with E-state index >= 15 is 0 Å². The number of aliphatic hydroxyl groups excluding tert-OH is 1. The Bertz CT molecular complexity index is 528. The molecule has 0 bridgehead atoms. The largest absolute Gasteiger partial charge is 0.478 e. The summed E-state index contributed by atoms with van der Waals surface area (Å²) in [4.78, 5) is 25.1. The standard InChI is InChI=1S/C14H17NO5/c1-3-11-14(18)15(7-13(17)19-2)10-6-9(8-16)4-5-12(10)20-11/h4-6,11,16H,3,7-8H2,1-2H3. The minimum atomic E-state index is -0.605. The van der Waals surface area contributed by atoms with E-state index in [4.69, 9.17) is 4.74 Å². The highest BCUT2D eigenvalue weighted by Crippen LogP contribution is 2.35. The van der Waals surface area contributed by atoms with Crippen molar-refractivity contribution in [2.45, 2.75) is 26.1 Å². The first kappa shape index (κ1) is 14.3. The predicted molar refractivity (Wildman–Crippen MR) is 71.4 cm³/mol. The Balaban J connectivity index is 2.41. The zero-order valence-corrected chi connectivity index (χ0v) is 11.5. The molecule has 1 atom stereocenters. The molecule has 6 nitrogen and oxygen atoms in total. The molecule has 0 aliphatic carbocycles. The lowest BCUT2D eigenvalue weighted by atomic mass is 10.1. The molecule has 0 saturated heterocycles. The van der Waals surface area contributed by atoms with Crippen LogP contribution >= 0.6 is 0 Å². The van der Waals surface area contributed by atoms with Gasteiger partial charge in [0.2, 0.25) is 0 Å². The number of carbonyl (C=O) groups excluding carboxylic acids is 2. The molecule has 1 aliphatic heterocycles. The van der Waals surface area contributed by atoms with Crippen LogP contribution in [0.15, 0.2) is 18.2 Å². The maximum Gasteiger partial charge on any atom is 0.325 e. The van der Waals surface area contributed by atoms with Gasteiger partial charge in [0, 0.05) is 0 Å². The van der Waals surface area contributed by atoms with E-state index in [1.54, 1.807) is 18.2 Å². The number of methoxy groups -OCH3 is 1. The molecule has 1 aliphatic rings. The van der Waals surface area contributed by atoms with Gasteiger partial charge in [0.1, 0.15) is 12.3 Å². The molecule has 20 heavy (non-hydrogen) atoms. The van der Waals surface area contributed by atoms with Crippen LogP contribution in [0.3, 0.4) is 0 Å².